The van der Waals surface area contributed by atoms with Crippen LogP contribution in [0.4, 0.5) is 0 Å². The van der Waals surface area contributed by atoms with E-state index in [0.717, 1.165) is 12.0 Å². The van der Waals surface area contributed by atoms with Gasteiger partial charge in [-0.25, -0.2) is 0 Å². The van der Waals surface area contributed by atoms with Crippen LogP contribution in [-0.4, -0.2) is 23.2 Å². The number of carbonyl (C=O) groups is 1. The summed E-state index contributed by atoms with van der Waals surface area (Å²) >= 11 is 0. The van der Waals surface area contributed by atoms with E-state index in [1.807, 2.05) is 61.5 Å². The molecule has 3 rings (SSSR count). The number of nitrogens with one attached hydrogen (secondary N) is 1. The molecule has 1 amide bonds. The minimum atomic E-state index is -0.867. The van der Waals surface area contributed by atoms with Crippen molar-refractivity contribution in [3.05, 3.63) is 71.3 Å². The van der Waals surface area contributed by atoms with Crippen molar-refractivity contribution >= 4 is 5.91 Å². The third kappa shape index (κ3) is 3.45. The summed E-state index contributed by atoms with van der Waals surface area (Å²) in [7, 11) is 0. The molecule has 2 aromatic carbocycles. The topological polar surface area (TPSA) is 49.3 Å². The summed E-state index contributed by atoms with van der Waals surface area (Å²) in [5.74, 6) is -0.174. The van der Waals surface area contributed by atoms with Gasteiger partial charge in [-0.1, -0.05) is 61.5 Å². The van der Waals surface area contributed by atoms with Crippen molar-refractivity contribution in [3.8, 4) is 0 Å². The monoisotopic (exact) mass is 309 g/mol. The van der Waals surface area contributed by atoms with Crippen molar-refractivity contribution in [2.45, 2.75) is 37.7 Å². The summed E-state index contributed by atoms with van der Waals surface area (Å²) in [6.45, 7) is 2.31. The van der Waals surface area contributed by atoms with Gasteiger partial charge in [-0.3, -0.25) is 4.79 Å². The first-order chi connectivity index (χ1) is 11.1. The normalized spacial score (nSPS) is 16.6. The smallest absolute Gasteiger partial charge is 0.227 e. The summed E-state index contributed by atoms with van der Waals surface area (Å²) < 4.78 is 0. The van der Waals surface area contributed by atoms with E-state index in [4.69, 9.17) is 0 Å². The molecule has 0 unspecified atom stereocenters. The van der Waals surface area contributed by atoms with Crippen LogP contribution < -0.4 is 5.32 Å². The van der Waals surface area contributed by atoms with E-state index in [9.17, 15) is 9.90 Å². The number of amides is 1. The van der Waals surface area contributed by atoms with Crippen LogP contribution in [0.1, 0.15) is 36.0 Å². The predicted molar refractivity (Wildman–Crippen MR) is 91.3 cm³/mol. The van der Waals surface area contributed by atoms with E-state index >= 15 is 0 Å². The first-order valence-corrected chi connectivity index (χ1v) is 8.23. The average Bonchev–Trinajstić information content (AvgIpc) is 2.91. The predicted octanol–water partition coefficient (Wildman–Crippen LogP) is 2.83. The van der Waals surface area contributed by atoms with Gasteiger partial charge >= 0.3 is 0 Å². The highest BCUT2D eigenvalue weighted by Crippen LogP contribution is 2.29. The zero-order valence-corrected chi connectivity index (χ0v) is 13.5. The van der Waals surface area contributed by atoms with Crippen molar-refractivity contribution in [1.82, 2.24) is 5.32 Å². The quantitative estimate of drug-likeness (QED) is 0.892. The molecule has 1 atom stereocenters. The van der Waals surface area contributed by atoms with Gasteiger partial charge in [-0.15, -0.1) is 0 Å². The van der Waals surface area contributed by atoms with Crippen molar-refractivity contribution in [3.63, 3.8) is 0 Å². The molecule has 2 aromatic rings. The Hall–Kier alpha value is -2.13. The Balaban J connectivity index is 1.63. The van der Waals surface area contributed by atoms with Gasteiger partial charge in [0, 0.05) is 19.4 Å². The zero-order chi connectivity index (χ0) is 16.3. The molecule has 23 heavy (non-hydrogen) atoms. The van der Waals surface area contributed by atoms with E-state index in [1.54, 1.807) is 0 Å². The van der Waals surface area contributed by atoms with E-state index in [0.29, 0.717) is 19.4 Å². The molecule has 0 radical (unpaired) electrons. The van der Waals surface area contributed by atoms with Gasteiger partial charge in [-0.2, -0.15) is 0 Å². The van der Waals surface area contributed by atoms with Crippen LogP contribution in [-0.2, 0) is 17.6 Å². The van der Waals surface area contributed by atoms with E-state index in [2.05, 4.69) is 5.32 Å². The Bertz CT molecular complexity index is 656. The van der Waals surface area contributed by atoms with Gasteiger partial charge in [-0.05, 0) is 23.1 Å². The number of hydrogen-bond donors (Lipinski definition) is 2. The second-order valence-electron chi connectivity index (χ2n) is 6.44. The molecule has 0 heterocycles. The molecular weight excluding hydrogens is 286 g/mol. The molecule has 0 fully saturated rings. The minimum Gasteiger partial charge on any atom is -0.387 e. The molecule has 0 bridgehead atoms. The summed E-state index contributed by atoms with van der Waals surface area (Å²) in [6.07, 6.45) is 1.95. The third-order valence-corrected chi connectivity index (χ3v) is 4.68. The molecule has 0 saturated heterocycles. The van der Waals surface area contributed by atoms with E-state index in [1.165, 1.54) is 11.1 Å². The van der Waals surface area contributed by atoms with Crippen LogP contribution in [0.15, 0.2) is 54.6 Å². The summed E-state index contributed by atoms with van der Waals surface area (Å²) in [6, 6.07) is 17.9. The number of fused-ring (bicyclic) bond motifs is 1. The number of hydrogen-bond acceptors (Lipinski definition) is 2. The molecule has 1 aliphatic rings. The maximum atomic E-state index is 12.5. The Morgan fingerprint density at radius 3 is 2.22 bits per heavy atom. The van der Waals surface area contributed by atoms with Crippen LogP contribution in [0, 0.1) is 0 Å². The molecule has 1 aliphatic carbocycles. The van der Waals surface area contributed by atoms with Crippen LogP contribution >= 0.6 is 0 Å². The summed E-state index contributed by atoms with van der Waals surface area (Å²) in [5, 5.41) is 13.7. The first kappa shape index (κ1) is 15.8. The number of carbonyl (C=O) groups excluding carboxylic acids is 1. The zero-order valence-electron chi connectivity index (χ0n) is 13.5. The van der Waals surface area contributed by atoms with Gasteiger partial charge in [0.05, 0.1) is 11.5 Å². The van der Waals surface area contributed by atoms with Gasteiger partial charge in [0.15, 0.2) is 0 Å². The molecule has 120 valence electrons. The second-order valence-corrected chi connectivity index (χ2v) is 6.44. The fourth-order valence-electron chi connectivity index (χ4n) is 3.43. The van der Waals surface area contributed by atoms with Gasteiger partial charge < -0.3 is 10.4 Å². The lowest BCUT2D eigenvalue weighted by Gasteiger charge is -2.24. The summed E-state index contributed by atoms with van der Waals surface area (Å²) in [4.78, 5) is 12.5. The maximum absolute atomic E-state index is 12.5. The lowest BCUT2D eigenvalue weighted by Crippen LogP contribution is -2.45. The standard InChI is InChI=1S/C20H23NO2/c1-2-18(15-8-4-3-5-9-15)19(22)21-14-20(23)12-16-10-6-7-11-17(16)13-20/h3-11,18,23H,2,12-14H2,1H3,(H,21,22)/t18-/m1/s1. The van der Waals surface area contributed by atoms with E-state index < -0.39 is 5.60 Å². The van der Waals surface area contributed by atoms with Crippen molar-refractivity contribution in [2.75, 3.05) is 6.54 Å². The Morgan fingerprint density at radius 2 is 1.65 bits per heavy atom. The van der Waals surface area contributed by atoms with Crippen molar-refractivity contribution in [1.29, 1.82) is 0 Å². The largest absolute Gasteiger partial charge is 0.387 e. The molecule has 3 heteroatoms. The molecule has 0 spiro atoms. The molecule has 0 aromatic heterocycles. The molecular formula is C20H23NO2. The molecule has 3 nitrogen and oxygen atoms in total. The van der Waals surface area contributed by atoms with Crippen LogP contribution in [0.25, 0.3) is 0 Å². The van der Waals surface area contributed by atoms with Crippen LogP contribution in [0.2, 0.25) is 0 Å². The average molecular weight is 309 g/mol. The highest BCUT2D eigenvalue weighted by Gasteiger charge is 2.35. The lowest BCUT2D eigenvalue weighted by molar-refractivity contribution is -0.123. The SMILES string of the molecule is CC[C@@H](C(=O)NCC1(O)Cc2ccccc2C1)c1ccccc1. The van der Waals surface area contributed by atoms with Gasteiger partial charge in [0.25, 0.3) is 0 Å². The Labute approximate surface area is 137 Å². The number of benzene rings is 2. The van der Waals surface area contributed by atoms with Crippen LogP contribution in [0.3, 0.4) is 0 Å². The van der Waals surface area contributed by atoms with Crippen molar-refractivity contribution in [2.24, 2.45) is 0 Å². The Kier molecular flexibility index (Phi) is 4.49. The number of rotatable bonds is 5. The second kappa shape index (κ2) is 6.55. The molecule has 0 aliphatic heterocycles. The van der Waals surface area contributed by atoms with E-state index in [-0.39, 0.29) is 11.8 Å². The first-order valence-electron chi connectivity index (χ1n) is 8.23. The highest BCUT2D eigenvalue weighted by atomic mass is 16.3. The van der Waals surface area contributed by atoms with Crippen LogP contribution in [0.5, 0.6) is 0 Å². The summed E-state index contributed by atoms with van der Waals surface area (Å²) in [5.41, 5.74) is 2.52. The van der Waals surface area contributed by atoms with Gasteiger partial charge in [0.1, 0.15) is 0 Å². The maximum Gasteiger partial charge on any atom is 0.227 e. The fourth-order valence-corrected chi connectivity index (χ4v) is 3.43. The Morgan fingerprint density at radius 1 is 1.09 bits per heavy atom. The van der Waals surface area contributed by atoms with Crippen molar-refractivity contribution < 1.29 is 9.90 Å². The minimum absolute atomic E-state index is 0.0110. The third-order valence-electron chi connectivity index (χ3n) is 4.68. The molecule has 0 saturated carbocycles. The lowest BCUT2D eigenvalue weighted by atomic mass is 9.94. The number of aliphatic hydroxyl groups is 1. The fraction of sp³-hybridized carbons (Fsp3) is 0.350. The highest BCUT2D eigenvalue weighted by molar-refractivity contribution is 5.83. The molecule has 2 N–H and O–H groups in total. The van der Waals surface area contributed by atoms with Gasteiger partial charge in [0.2, 0.25) is 5.91 Å².